The lowest BCUT2D eigenvalue weighted by molar-refractivity contribution is 0.0722. The Bertz CT molecular complexity index is 783. The number of benzene rings is 1. The molecule has 0 amide bonds. The lowest BCUT2D eigenvalue weighted by Gasteiger charge is -2.00. The van der Waals surface area contributed by atoms with Crippen LogP contribution in [0.3, 0.4) is 0 Å². The first kappa shape index (κ1) is 12.6. The molecule has 0 saturated carbocycles. The van der Waals surface area contributed by atoms with E-state index >= 15 is 0 Å². The molecule has 0 bridgehead atoms. The van der Waals surface area contributed by atoms with Gasteiger partial charge < -0.3 is 4.74 Å². The van der Waals surface area contributed by atoms with Crippen LogP contribution in [0.5, 0.6) is 5.75 Å². The van der Waals surface area contributed by atoms with Gasteiger partial charge in [0.1, 0.15) is 5.75 Å². The van der Waals surface area contributed by atoms with Crippen molar-refractivity contribution in [3.8, 4) is 5.75 Å². The summed E-state index contributed by atoms with van der Waals surface area (Å²) in [4.78, 5) is 20.0. The maximum atomic E-state index is 12.0. The van der Waals surface area contributed by atoms with Gasteiger partial charge in [0.25, 0.3) is 11.6 Å². The Morgan fingerprint density at radius 3 is 2.70 bits per heavy atom. The molecule has 0 radical (unpaired) electrons. The van der Waals surface area contributed by atoms with Crippen LogP contribution in [0.2, 0.25) is 5.02 Å². The van der Waals surface area contributed by atoms with E-state index in [9.17, 15) is 4.79 Å². The average Bonchev–Trinajstić information content (AvgIpc) is 2.87. The number of esters is 1. The summed E-state index contributed by atoms with van der Waals surface area (Å²) in [6.45, 7) is 1.84. The topological polar surface area (TPSA) is 69.4 Å². The summed E-state index contributed by atoms with van der Waals surface area (Å²) < 4.78 is 6.65. The third kappa shape index (κ3) is 2.33. The summed E-state index contributed by atoms with van der Waals surface area (Å²) in [5.74, 6) is 0.0509. The number of aromatic nitrogens is 4. The van der Waals surface area contributed by atoms with E-state index in [4.69, 9.17) is 16.3 Å². The lowest BCUT2D eigenvalue weighted by Crippen LogP contribution is -2.10. The molecule has 0 aliphatic heterocycles. The molecule has 7 heteroatoms. The van der Waals surface area contributed by atoms with Gasteiger partial charge in [0.15, 0.2) is 0 Å². The summed E-state index contributed by atoms with van der Waals surface area (Å²) in [7, 11) is 0. The third-order valence-corrected chi connectivity index (χ3v) is 2.89. The quantitative estimate of drug-likeness (QED) is 0.534. The summed E-state index contributed by atoms with van der Waals surface area (Å²) in [5.41, 5.74) is 0.827. The molecule has 0 aliphatic carbocycles. The first-order valence-electron chi connectivity index (χ1n) is 5.79. The van der Waals surface area contributed by atoms with Gasteiger partial charge >= 0.3 is 5.97 Å². The van der Waals surface area contributed by atoms with E-state index in [2.05, 4.69) is 15.1 Å². The van der Waals surface area contributed by atoms with Crippen LogP contribution < -0.4 is 4.74 Å². The molecule has 20 heavy (non-hydrogen) atoms. The van der Waals surface area contributed by atoms with Crippen LogP contribution in [-0.2, 0) is 0 Å². The van der Waals surface area contributed by atoms with E-state index in [0.717, 1.165) is 5.69 Å². The Balaban J connectivity index is 1.89. The highest BCUT2D eigenvalue weighted by Gasteiger charge is 2.16. The Labute approximate surface area is 119 Å². The Morgan fingerprint density at radius 2 is 2.00 bits per heavy atom. The first-order chi connectivity index (χ1) is 9.63. The fourth-order valence-electron chi connectivity index (χ4n) is 1.65. The van der Waals surface area contributed by atoms with Gasteiger partial charge in [-0.3, -0.25) is 0 Å². The second-order valence-corrected chi connectivity index (χ2v) is 4.51. The fraction of sp³-hybridized carbons (Fsp3) is 0.0769. The minimum atomic E-state index is -0.641. The highest BCUT2D eigenvalue weighted by molar-refractivity contribution is 6.30. The van der Waals surface area contributed by atoms with Crippen molar-refractivity contribution >= 4 is 23.3 Å². The molecule has 0 spiro atoms. The maximum Gasteiger partial charge on any atom is 0.383 e. The SMILES string of the molecule is Cc1ccnc2nc(C(=O)Oc3ccc(Cl)cc3)nn12. The molecule has 0 fully saturated rings. The van der Waals surface area contributed by atoms with Crippen LogP contribution in [0.1, 0.15) is 16.3 Å². The lowest BCUT2D eigenvalue weighted by atomic mass is 10.3. The zero-order chi connectivity index (χ0) is 14.1. The van der Waals surface area contributed by atoms with E-state index in [0.29, 0.717) is 16.5 Å². The number of hydrogen-bond acceptors (Lipinski definition) is 5. The molecule has 1 aromatic carbocycles. The smallest absolute Gasteiger partial charge is 0.383 e. The number of halogens is 1. The van der Waals surface area contributed by atoms with Crippen molar-refractivity contribution in [1.29, 1.82) is 0 Å². The van der Waals surface area contributed by atoms with E-state index < -0.39 is 5.97 Å². The highest BCUT2D eigenvalue weighted by atomic mass is 35.5. The largest absolute Gasteiger partial charge is 0.421 e. The van der Waals surface area contributed by atoms with Crippen LogP contribution in [0, 0.1) is 6.92 Å². The van der Waals surface area contributed by atoms with Crippen LogP contribution in [-0.4, -0.2) is 25.6 Å². The van der Waals surface area contributed by atoms with Crippen LogP contribution in [0.15, 0.2) is 36.5 Å². The van der Waals surface area contributed by atoms with E-state index in [1.54, 1.807) is 36.5 Å². The van der Waals surface area contributed by atoms with Gasteiger partial charge in [-0.2, -0.15) is 4.98 Å². The van der Waals surface area contributed by atoms with Gasteiger partial charge in [0.05, 0.1) is 0 Å². The standard InChI is InChI=1S/C13H9ClN4O2/c1-8-6-7-15-13-16-11(17-18(8)13)12(19)20-10-4-2-9(14)3-5-10/h2-7H,1H3. The second kappa shape index (κ2) is 4.90. The van der Waals surface area contributed by atoms with Crippen molar-refractivity contribution in [2.45, 2.75) is 6.92 Å². The number of fused-ring (bicyclic) bond motifs is 1. The van der Waals surface area contributed by atoms with Gasteiger partial charge in [-0.15, -0.1) is 5.10 Å². The number of hydrogen-bond donors (Lipinski definition) is 0. The first-order valence-corrected chi connectivity index (χ1v) is 6.17. The molecule has 2 aromatic heterocycles. The zero-order valence-corrected chi connectivity index (χ0v) is 11.2. The second-order valence-electron chi connectivity index (χ2n) is 4.08. The third-order valence-electron chi connectivity index (χ3n) is 2.64. The molecular formula is C13H9ClN4O2. The molecule has 0 aliphatic rings. The summed E-state index contributed by atoms with van der Waals surface area (Å²) in [6.07, 6.45) is 1.60. The van der Waals surface area contributed by atoms with Crippen molar-refractivity contribution in [2.24, 2.45) is 0 Å². The molecule has 0 N–H and O–H groups in total. The van der Waals surface area contributed by atoms with Gasteiger partial charge in [-0.25, -0.2) is 14.3 Å². The predicted molar refractivity (Wildman–Crippen MR) is 71.9 cm³/mol. The maximum absolute atomic E-state index is 12.0. The van der Waals surface area contributed by atoms with Gasteiger partial charge in [-0.05, 0) is 37.3 Å². The average molecular weight is 289 g/mol. The predicted octanol–water partition coefficient (Wildman–Crippen LogP) is 2.31. The molecule has 6 nitrogen and oxygen atoms in total. The van der Waals surface area contributed by atoms with Crippen molar-refractivity contribution in [3.05, 3.63) is 53.1 Å². The van der Waals surface area contributed by atoms with E-state index in [1.807, 2.05) is 6.92 Å². The molecule has 0 atom stereocenters. The fourth-order valence-corrected chi connectivity index (χ4v) is 1.77. The molecule has 0 saturated heterocycles. The number of ether oxygens (including phenoxy) is 1. The van der Waals surface area contributed by atoms with Crippen molar-refractivity contribution in [2.75, 3.05) is 0 Å². The van der Waals surface area contributed by atoms with Crippen molar-refractivity contribution < 1.29 is 9.53 Å². The van der Waals surface area contributed by atoms with Gasteiger partial charge in [0, 0.05) is 16.9 Å². The Kier molecular flexibility index (Phi) is 3.08. The Morgan fingerprint density at radius 1 is 1.25 bits per heavy atom. The monoisotopic (exact) mass is 288 g/mol. The summed E-state index contributed by atoms with van der Waals surface area (Å²) >= 11 is 5.76. The van der Waals surface area contributed by atoms with Gasteiger partial charge in [0.2, 0.25) is 0 Å². The van der Waals surface area contributed by atoms with Gasteiger partial charge in [-0.1, -0.05) is 11.6 Å². The minimum Gasteiger partial charge on any atom is -0.421 e. The summed E-state index contributed by atoms with van der Waals surface area (Å²) in [5, 5.41) is 4.63. The molecule has 3 rings (SSSR count). The molecule has 2 heterocycles. The molecular weight excluding hydrogens is 280 g/mol. The van der Waals surface area contributed by atoms with Crippen LogP contribution >= 0.6 is 11.6 Å². The molecule has 0 unspecified atom stereocenters. The van der Waals surface area contributed by atoms with Crippen LogP contribution in [0.4, 0.5) is 0 Å². The van der Waals surface area contributed by atoms with Crippen molar-refractivity contribution in [1.82, 2.24) is 19.6 Å². The number of nitrogens with zero attached hydrogens (tertiary/aromatic N) is 4. The molecule has 100 valence electrons. The number of rotatable bonds is 2. The van der Waals surface area contributed by atoms with Crippen molar-refractivity contribution in [3.63, 3.8) is 0 Å². The normalized spacial score (nSPS) is 10.7. The van der Waals surface area contributed by atoms with E-state index in [-0.39, 0.29) is 5.82 Å². The zero-order valence-electron chi connectivity index (χ0n) is 10.4. The van der Waals surface area contributed by atoms with Crippen LogP contribution in [0.25, 0.3) is 5.78 Å². The van der Waals surface area contributed by atoms with E-state index in [1.165, 1.54) is 4.52 Å². The number of aryl methyl sites for hydroxylation is 1. The Hall–Kier alpha value is -2.47. The number of carbonyl (C=O) groups excluding carboxylic acids is 1. The summed E-state index contributed by atoms with van der Waals surface area (Å²) in [6, 6.07) is 8.23. The number of carbonyl (C=O) groups is 1. The highest BCUT2D eigenvalue weighted by Crippen LogP contribution is 2.16. The molecule has 3 aromatic rings. The minimum absolute atomic E-state index is 0.0400.